The molecule has 9 aromatic heterocycles. The number of aliphatic hydroxyl groups excluding tert-OH is 1. The first kappa shape index (κ1) is 93.0. The summed E-state index contributed by atoms with van der Waals surface area (Å²) in [5.74, 6) is 2.34. The van der Waals surface area contributed by atoms with Gasteiger partial charge in [-0.3, -0.25) is 81.0 Å². The van der Waals surface area contributed by atoms with Crippen LogP contribution in [0.25, 0.3) is 0 Å². The number of aryl methyl sites for hydroxylation is 6. The Labute approximate surface area is 749 Å². The summed E-state index contributed by atoms with van der Waals surface area (Å²) < 4.78 is 20.8. The number of esters is 1. The van der Waals surface area contributed by atoms with Crippen LogP contribution in [-0.4, -0.2) is 139 Å². The van der Waals surface area contributed by atoms with E-state index >= 15 is 0 Å². The molecule has 9 aliphatic heterocycles. The second kappa shape index (κ2) is 38.7. The van der Waals surface area contributed by atoms with Gasteiger partial charge in [-0.2, -0.15) is 9.98 Å². The summed E-state index contributed by atoms with van der Waals surface area (Å²) in [5.41, 5.74) is 25.1. The van der Waals surface area contributed by atoms with Gasteiger partial charge in [0.15, 0.2) is 34.1 Å². The molecule has 18 heterocycles. The van der Waals surface area contributed by atoms with Crippen molar-refractivity contribution in [3.05, 3.63) is 176 Å². The third kappa shape index (κ3) is 21.0. The number of rotatable bonds is 4. The Balaban J connectivity index is 0.000000129. The number of hydrogen-bond acceptors (Lipinski definition) is 33. The Bertz CT molecular complexity index is 6050. The fourth-order valence-corrected chi connectivity index (χ4v) is 23.3. The van der Waals surface area contributed by atoms with Crippen molar-refractivity contribution in [2.75, 3.05) is 7.11 Å². The minimum Gasteiger partial charge on any atom is -0.487 e. The number of nitrogens with one attached hydrogen (secondary N) is 14. The number of aliphatic hydroxyl groups is 1. The number of ether oxygens (including phenoxy) is 2. The first-order chi connectivity index (χ1) is 59.6. The number of amides is 9. The summed E-state index contributed by atoms with van der Waals surface area (Å²) in [7, 11) is 1.58. The van der Waals surface area contributed by atoms with Crippen molar-refractivity contribution in [1.29, 1.82) is 37.9 Å². The van der Waals surface area contributed by atoms with Gasteiger partial charge in [-0.15, -0.1) is 79.4 Å². The fraction of sp³-hybridized carbons (Fsp3) is 0.369. The van der Waals surface area contributed by atoms with Crippen molar-refractivity contribution in [2.45, 2.75) is 198 Å². The maximum Gasteiger partial charge on any atom is 0.349 e. The van der Waals surface area contributed by atoms with Gasteiger partial charge in [0.05, 0.1) is 92.8 Å². The van der Waals surface area contributed by atoms with Crippen LogP contribution in [0.5, 0.6) is 5.06 Å². The van der Waals surface area contributed by atoms with Crippen molar-refractivity contribution >= 4 is 191 Å². The molecule has 42 heteroatoms. The summed E-state index contributed by atoms with van der Waals surface area (Å²) >= 11 is 10.7. The first-order valence-corrected chi connectivity index (χ1v) is 45.4. The second-order valence-electron chi connectivity index (χ2n) is 31.0. The Hall–Kier alpha value is -12.2. The molecular formula is C84H92N20O15S7. The summed E-state index contributed by atoms with van der Waals surface area (Å²) in [4.78, 5) is 140. The van der Waals surface area contributed by atoms with Gasteiger partial charge in [0.25, 0.3) is 11.8 Å². The summed E-state index contributed by atoms with van der Waals surface area (Å²) in [6, 6.07) is 1.78. The monoisotopic (exact) mass is 1840 g/mol. The zero-order valence-electron chi connectivity index (χ0n) is 70.8. The van der Waals surface area contributed by atoms with Crippen LogP contribution in [0.3, 0.4) is 0 Å². The lowest BCUT2D eigenvalue weighted by molar-refractivity contribution is -0.120. The molecule has 126 heavy (non-hydrogen) atoms. The predicted octanol–water partition coefficient (Wildman–Crippen LogP) is 8.69. The van der Waals surface area contributed by atoms with Crippen LogP contribution in [-0.2, 0) is 144 Å². The lowest BCUT2D eigenvalue weighted by Crippen LogP contribution is -2.36. The van der Waals surface area contributed by atoms with Crippen molar-refractivity contribution in [3.8, 4) is 5.06 Å². The molecule has 0 fully saturated rings. The van der Waals surface area contributed by atoms with Gasteiger partial charge in [-0.05, 0) is 147 Å². The number of nitrogens with two attached hydrogens (primary N) is 2. The molecule has 0 unspecified atom stereocenters. The highest BCUT2D eigenvalue weighted by Crippen LogP contribution is 2.40. The highest BCUT2D eigenvalue weighted by molar-refractivity contribution is 7.16. The van der Waals surface area contributed by atoms with E-state index in [4.69, 9.17) is 72.7 Å². The molecule has 0 saturated carbocycles. The Morgan fingerprint density at radius 3 is 1.44 bits per heavy atom. The van der Waals surface area contributed by atoms with Crippen molar-refractivity contribution in [3.63, 3.8) is 0 Å². The van der Waals surface area contributed by atoms with Crippen LogP contribution in [0.15, 0.2) is 24.9 Å². The number of thiophene rings is 6. The molecule has 0 atom stereocenters. The highest BCUT2D eigenvalue weighted by atomic mass is 32.1. The van der Waals surface area contributed by atoms with Gasteiger partial charge < -0.3 is 72.1 Å². The molecule has 19 N–H and O–H groups in total. The van der Waals surface area contributed by atoms with Crippen molar-refractivity contribution < 1.29 is 71.4 Å². The molecule has 20 rings (SSSR count). The SMILES string of the molecule is CCc1sc2c(c1C)C(=N)NC(=O)C2.COc1cc2c(s1)CC(=O)NC2=N.Cc1c(C(=O)OC(C)(C)C)sc2c1C(=N)NC(=O)C2.Cc1c(CO)sc2c1C(=N)NC(=O)C2.Cc1nc2c(o1)C(=N)NC(=O)C2.Cc1nc2c(s1)C(=N)NC(=O)C2.Cc1oc2c(c1C)CC(=O)NC2=N.NC1=NC(=O)Cc2sc3c(c21)CCC3.NC1=NC(=O)Cc2sc3c(c21)CCCC3. The minimum absolute atomic E-state index is 0.00171. The number of aromatic nitrogens is 2. The molecule has 0 bridgehead atoms. The highest BCUT2D eigenvalue weighted by Gasteiger charge is 2.35. The number of aliphatic imine (C=N–C) groups is 2. The largest absolute Gasteiger partial charge is 0.487 e. The Morgan fingerprint density at radius 1 is 0.460 bits per heavy atom. The maximum absolute atomic E-state index is 12.1. The van der Waals surface area contributed by atoms with E-state index < -0.39 is 11.6 Å². The average molecular weight is 1850 g/mol. The number of hydrogen-bond donors (Lipinski definition) is 17. The van der Waals surface area contributed by atoms with Gasteiger partial charge in [0.2, 0.25) is 41.4 Å². The van der Waals surface area contributed by atoms with Gasteiger partial charge in [0, 0.05) is 101 Å². The van der Waals surface area contributed by atoms with Crippen LogP contribution in [0, 0.1) is 86.3 Å². The zero-order chi connectivity index (χ0) is 91.5. The molecule has 0 saturated heterocycles. The smallest absolute Gasteiger partial charge is 0.349 e. The Morgan fingerprint density at radius 2 is 0.905 bits per heavy atom. The minimum atomic E-state index is -0.560. The number of carbonyl (C=O) groups is 10. The van der Waals surface area contributed by atoms with Gasteiger partial charge in [0.1, 0.15) is 57.1 Å². The van der Waals surface area contributed by atoms with Crippen LogP contribution < -0.4 is 53.4 Å². The van der Waals surface area contributed by atoms with E-state index in [1.54, 1.807) is 81.8 Å². The van der Waals surface area contributed by atoms with Crippen LogP contribution in [0.2, 0.25) is 0 Å². The molecule has 2 aliphatic carbocycles. The number of fused-ring (bicyclic) bond motifs is 13. The quantitative estimate of drug-likeness (QED) is 0.0732. The fourth-order valence-electron chi connectivity index (χ4n) is 15.1. The number of thiazole rings is 1. The molecule has 35 nitrogen and oxygen atoms in total. The molecule has 0 radical (unpaired) electrons. The molecular weight excluding hydrogens is 1750 g/mol. The molecule has 9 amide bonds. The van der Waals surface area contributed by atoms with E-state index in [9.17, 15) is 47.9 Å². The van der Waals surface area contributed by atoms with Gasteiger partial charge in [-0.25, -0.2) is 14.8 Å². The van der Waals surface area contributed by atoms with Crippen molar-refractivity contribution in [1.82, 2.24) is 47.2 Å². The number of furan rings is 1. The molecule has 9 aromatic rings. The van der Waals surface area contributed by atoms with Crippen LogP contribution in [0.1, 0.15) is 222 Å². The van der Waals surface area contributed by atoms with E-state index in [1.807, 2.05) is 34.6 Å². The normalized spacial score (nSPS) is 16.3. The number of methoxy groups -OCH3 is 1. The molecule has 0 aromatic carbocycles. The summed E-state index contributed by atoms with van der Waals surface area (Å²) in [6.07, 6.45) is 12.2. The lowest BCUT2D eigenvalue weighted by atomic mass is 9.93. The third-order valence-electron chi connectivity index (χ3n) is 20.7. The topological polar surface area (TPSA) is 589 Å². The van der Waals surface area contributed by atoms with Crippen LogP contribution in [0.4, 0.5) is 0 Å². The van der Waals surface area contributed by atoms with E-state index in [0.29, 0.717) is 95.7 Å². The number of amidine groups is 9. The molecule has 0 spiro atoms. The van der Waals surface area contributed by atoms with Crippen molar-refractivity contribution in [2.24, 2.45) is 21.5 Å². The molecule has 11 aliphatic rings. The van der Waals surface area contributed by atoms with E-state index in [1.165, 1.54) is 90.4 Å². The second-order valence-corrected chi connectivity index (χ2v) is 39.1. The van der Waals surface area contributed by atoms with Gasteiger partial charge in [-0.1, -0.05) is 6.92 Å². The average Bonchev–Trinajstić information content (AvgIpc) is 1.62. The Kier molecular flexibility index (Phi) is 28.6. The van der Waals surface area contributed by atoms with Crippen LogP contribution >= 0.6 is 79.4 Å². The maximum atomic E-state index is 12.1. The van der Waals surface area contributed by atoms with E-state index in [-0.39, 0.29) is 113 Å². The number of nitrogens with zero attached hydrogens (tertiary/aromatic N) is 4. The first-order valence-electron chi connectivity index (χ1n) is 39.7. The summed E-state index contributed by atoms with van der Waals surface area (Å²) in [6.45, 7) is 20.5. The standard InChI is InChI=1S/C13H16N2O3S.C11H12N2OS.C10H10N2OS.C10H12N2OS.C9H10N2O2S.C9H10N2O2.C8H8N2O2S.C7H7N3O2.C7H7N3OS/c1-6-9-7(5-8(16)15-11(9)14)19-10(6)12(17)18-13(2,3)4;12-11-10-6-3-1-2-4-7(6)15-8(10)5-9(14)13-11;11-10-9-5-2-1-3-6(5)14-7(9)4-8(13)12-10;1-3-6-5(2)9-7(14-6)4-8(13)12-10(9)11;1-4-6(3-12)14-5-2-7(13)11-9(10)8(4)5;1-4-5(2)13-8-6(4)3-7(12)11-9(8)10;1-12-7-2-4-5(13-7)3-6(11)10-8(4)9;2*1-3-9-4-2-5(11)10-7(8)6(4)12-3/h5H2,1-4H3,(H2,14,15,16);1-5H2,(H2,12,13,14);1-4H2,(H2,11,12,13);3-4H2,1-2H3,(H2,11,12,13);12H,2-3H2,1H3,(H2,10,11,13);3H2,1-2H3,(H2,10,11,12);2H,3H2,1H3,(H2,9,10,11);2*2H2,1H3,(H2,8,10,11). The summed E-state index contributed by atoms with van der Waals surface area (Å²) in [5, 5.41) is 80.9. The third-order valence-corrected chi connectivity index (χ3v) is 29.4. The van der Waals surface area contributed by atoms with E-state index in [0.717, 1.165) is 143 Å². The molecule has 660 valence electrons. The lowest BCUT2D eigenvalue weighted by Gasteiger charge is -2.19. The number of oxazole rings is 1. The van der Waals surface area contributed by atoms with E-state index in [2.05, 4.69) is 64.1 Å². The number of carbonyl (C=O) groups excluding carboxylic acids is 10. The zero-order valence-corrected chi connectivity index (χ0v) is 76.5. The van der Waals surface area contributed by atoms with Gasteiger partial charge >= 0.3 is 5.97 Å². The predicted molar refractivity (Wildman–Crippen MR) is 482 cm³/mol.